The number of anilines is 1. The average molecular weight is 346 g/mol. The van der Waals surface area contributed by atoms with Gasteiger partial charge in [0, 0.05) is 29.6 Å². The van der Waals surface area contributed by atoms with Crippen LogP contribution in [0.2, 0.25) is 0 Å². The number of fused-ring (bicyclic) bond motifs is 1. The Morgan fingerprint density at radius 1 is 1.12 bits per heavy atom. The first-order valence-corrected chi connectivity index (χ1v) is 8.98. The van der Waals surface area contributed by atoms with E-state index in [1.54, 1.807) is 13.1 Å². The molecule has 26 heavy (non-hydrogen) atoms. The second kappa shape index (κ2) is 6.75. The third-order valence-corrected chi connectivity index (χ3v) is 5.07. The van der Waals surface area contributed by atoms with E-state index in [1.807, 2.05) is 19.1 Å². The fraction of sp³-hybridized carbons (Fsp3) is 0.286. The number of rotatable bonds is 4. The maximum absolute atomic E-state index is 11.9. The van der Waals surface area contributed by atoms with Gasteiger partial charge in [0.1, 0.15) is 11.6 Å². The molecule has 0 amide bonds. The summed E-state index contributed by atoms with van der Waals surface area (Å²) in [5.41, 5.74) is 6.33. The van der Waals surface area contributed by atoms with Crippen molar-refractivity contribution in [1.82, 2.24) is 15.0 Å². The number of nitrogens with zero attached hydrogens (tertiary/aromatic N) is 2. The van der Waals surface area contributed by atoms with Crippen LogP contribution in [0.3, 0.4) is 0 Å². The second-order valence-corrected chi connectivity index (χ2v) is 6.87. The molecule has 1 aromatic carbocycles. The summed E-state index contributed by atoms with van der Waals surface area (Å²) < 4.78 is 0. The van der Waals surface area contributed by atoms with Crippen LogP contribution in [-0.2, 0) is 19.4 Å². The van der Waals surface area contributed by atoms with Crippen molar-refractivity contribution in [2.45, 2.75) is 39.7 Å². The Bertz CT molecular complexity index is 1010. The smallest absolute Gasteiger partial charge is 0.254 e. The molecule has 0 bridgehead atoms. The van der Waals surface area contributed by atoms with Gasteiger partial charge in [-0.3, -0.25) is 4.79 Å². The van der Waals surface area contributed by atoms with Gasteiger partial charge in [-0.2, -0.15) is 0 Å². The zero-order chi connectivity index (χ0) is 18.1. The molecular formula is C21H22N4O. The minimum Gasteiger partial charge on any atom is -0.366 e. The fourth-order valence-corrected chi connectivity index (χ4v) is 3.35. The van der Waals surface area contributed by atoms with E-state index in [0.29, 0.717) is 11.4 Å². The molecule has 0 radical (unpaired) electrons. The number of benzene rings is 1. The van der Waals surface area contributed by atoms with Crippen LogP contribution in [0.4, 0.5) is 5.82 Å². The number of aryl methyl sites for hydroxylation is 3. The maximum Gasteiger partial charge on any atom is 0.254 e. The van der Waals surface area contributed by atoms with E-state index < -0.39 is 0 Å². The number of aromatic nitrogens is 3. The number of hydrogen-bond donors (Lipinski definition) is 2. The van der Waals surface area contributed by atoms with Gasteiger partial charge in [0.2, 0.25) is 0 Å². The van der Waals surface area contributed by atoms with Crippen molar-refractivity contribution in [1.29, 1.82) is 0 Å². The summed E-state index contributed by atoms with van der Waals surface area (Å²) in [5.74, 6) is 1.36. The highest BCUT2D eigenvalue weighted by molar-refractivity contribution is 5.56. The lowest BCUT2D eigenvalue weighted by Crippen LogP contribution is -2.14. The molecule has 1 aliphatic carbocycles. The predicted octanol–water partition coefficient (Wildman–Crippen LogP) is 3.55. The first kappa shape index (κ1) is 16.5. The quantitative estimate of drug-likeness (QED) is 0.758. The molecule has 0 saturated carbocycles. The van der Waals surface area contributed by atoms with E-state index in [4.69, 9.17) is 0 Å². The minimum absolute atomic E-state index is 0.105. The second-order valence-electron chi connectivity index (χ2n) is 6.87. The van der Waals surface area contributed by atoms with Crippen LogP contribution in [0.15, 0.2) is 41.3 Å². The summed E-state index contributed by atoms with van der Waals surface area (Å²) in [5, 5.41) is 3.36. The normalized spacial score (nSPS) is 12.8. The van der Waals surface area contributed by atoms with Crippen LogP contribution in [0.25, 0.3) is 11.4 Å². The van der Waals surface area contributed by atoms with Crippen molar-refractivity contribution in [2.75, 3.05) is 5.32 Å². The Balaban J connectivity index is 1.47. The maximum atomic E-state index is 11.9. The zero-order valence-corrected chi connectivity index (χ0v) is 15.1. The third-order valence-electron chi connectivity index (χ3n) is 5.07. The number of H-pyrrole nitrogens is 1. The summed E-state index contributed by atoms with van der Waals surface area (Å²) in [7, 11) is 0. The topological polar surface area (TPSA) is 70.7 Å². The molecule has 0 aliphatic heterocycles. The van der Waals surface area contributed by atoms with Gasteiger partial charge in [-0.15, -0.1) is 0 Å². The molecule has 0 saturated heterocycles. The van der Waals surface area contributed by atoms with E-state index in [2.05, 4.69) is 38.5 Å². The van der Waals surface area contributed by atoms with E-state index >= 15 is 0 Å². The Morgan fingerprint density at radius 3 is 2.73 bits per heavy atom. The Hall–Kier alpha value is -2.95. The van der Waals surface area contributed by atoms with Gasteiger partial charge >= 0.3 is 0 Å². The summed E-state index contributed by atoms with van der Waals surface area (Å²) in [6.07, 6.45) is 5.40. The summed E-state index contributed by atoms with van der Waals surface area (Å²) in [4.78, 5) is 23.6. The van der Waals surface area contributed by atoms with Crippen molar-refractivity contribution in [3.8, 4) is 11.4 Å². The van der Waals surface area contributed by atoms with Gasteiger partial charge in [0.05, 0.1) is 0 Å². The van der Waals surface area contributed by atoms with Crippen molar-refractivity contribution in [3.05, 3.63) is 74.8 Å². The molecule has 4 rings (SSSR count). The summed E-state index contributed by atoms with van der Waals surface area (Å²) in [6, 6.07) is 10.6. The lowest BCUT2D eigenvalue weighted by atomic mass is 10.1. The molecule has 5 heteroatoms. The third kappa shape index (κ3) is 3.25. The Morgan fingerprint density at radius 2 is 1.96 bits per heavy atom. The number of pyridine rings is 1. The van der Waals surface area contributed by atoms with Crippen LogP contribution in [0.1, 0.15) is 34.4 Å². The highest BCUT2D eigenvalue weighted by Gasteiger charge is 2.11. The summed E-state index contributed by atoms with van der Waals surface area (Å²) in [6.45, 7) is 4.36. The molecular weight excluding hydrogens is 324 g/mol. The highest BCUT2D eigenvalue weighted by atomic mass is 16.1. The van der Waals surface area contributed by atoms with Crippen LogP contribution in [0.5, 0.6) is 0 Å². The number of hydrogen-bond acceptors (Lipinski definition) is 4. The Kier molecular flexibility index (Phi) is 4.29. The van der Waals surface area contributed by atoms with Gasteiger partial charge in [0.15, 0.2) is 0 Å². The lowest BCUT2D eigenvalue weighted by Gasteiger charge is -2.09. The predicted molar refractivity (Wildman–Crippen MR) is 103 cm³/mol. The zero-order valence-electron chi connectivity index (χ0n) is 15.1. The molecule has 2 heterocycles. The minimum atomic E-state index is -0.105. The fourth-order valence-electron chi connectivity index (χ4n) is 3.35. The molecule has 0 atom stereocenters. The van der Waals surface area contributed by atoms with Gasteiger partial charge in [-0.25, -0.2) is 9.97 Å². The number of nitrogens with one attached hydrogen (secondary N) is 2. The molecule has 1 aliphatic rings. The van der Waals surface area contributed by atoms with Crippen molar-refractivity contribution in [3.63, 3.8) is 0 Å². The lowest BCUT2D eigenvalue weighted by molar-refractivity contribution is 0.911. The van der Waals surface area contributed by atoms with Gasteiger partial charge < -0.3 is 10.3 Å². The van der Waals surface area contributed by atoms with E-state index in [1.165, 1.54) is 36.0 Å². The van der Waals surface area contributed by atoms with Crippen LogP contribution >= 0.6 is 0 Å². The highest BCUT2D eigenvalue weighted by Crippen LogP contribution is 2.23. The monoisotopic (exact) mass is 346 g/mol. The van der Waals surface area contributed by atoms with Gasteiger partial charge in [-0.05, 0) is 61.9 Å². The molecule has 3 aromatic rings. The summed E-state index contributed by atoms with van der Waals surface area (Å²) >= 11 is 0. The molecule has 2 N–H and O–H groups in total. The first-order valence-electron chi connectivity index (χ1n) is 8.98. The largest absolute Gasteiger partial charge is 0.366 e. The molecule has 132 valence electrons. The molecule has 0 spiro atoms. The van der Waals surface area contributed by atoms with Crippen molar-refractivity contribution < 1.29 is 0 Å². The number of aromatic amines is 1. The SMILES string of the molecule is Cc1nc(-c2ccc(NCc3ccc4c(c3)CCC4)nc2)[nH]c(=O)c1C. The van der Waals surface area contributed by atoms with Gasteiger partial charge in [0.25, 0.3) is 5.56 Å². The first-order chi connectivity index (χ1) is 12.6. The van der Waals surface area contributed by atoms with Crippen LogP contribution in [0, 0.1) is 13.8 Å². The molecule has 0 unspecified atom stereocenters. The molecule has 2 aromatic heterocycles. The van der Waals surface area contributed by atoms with E-state index in [-0.39, 0.29) is 5.56 Å². The van der Waals surface area contributed by atoms with Crippen LogP contribution < -0.4 is 10.9 Å². The van der Waals surface area contributed by atoms with Crippen LogP contribution in [-0.4, -0.2) is 15.0 Å². The van der Waals surface area contributed by atoms with E-state index in [0.717, 1.165) is 23.6 Å². The van der Waals surface area contributed by atoms with Crippen molar-refractivity contribution in [2.24, 2.45) is 0 Å². The Labute approximate surface area is 152 Å². The van der Waals surface area contributed by atoms with Gasteiger partial charge in [-0.1, -0.05) is 18.2 Å². The average Bonchev–Trinajstić information content (AvgIpc) is 3.12. The standard InChI is InChI=1S/C21H22N4O/c1-13-14(2)24-20(25-21(13)26)18-8-9-19(23-12-18)22-11-15-6-7-16-4-3-5-17(16)10-15/h6-10,12H,3-5,11H2,1-2H3,(H,22,23)(H,24,25,26). The van der Waals surface area contributed by atoms with Crippen molar-refractivity contribution >= 4 is 5.82 Å². The molecule has 5 nitrogen and oxygen atoms in total. The van der Waals surface area contributed by atoms with E-state index in [9.17, 15) is 4.79 Å². The molecule has 0 fully saturated rings.